The molecule has 2 aromatic rings. The van der Waals surface area contributed by atoms with E-state index in [1.165, 1.54) is 6.07 Å². The lowest BCUT2D eigenvalue weighted by atomic mass is 10.1. The van der Waals surface area contributed by atoms with Crippen LogP contribution in [-0.2, 0) is 14.6 Å². The smallest absolute Gasteiger partial charge is 0.336 e. The topological polar surface area (TPSA) is 93.9 Å². The lowest BCUT2D eigenvalue weighted by Gasteiger charge is -2.33. The second-order valence-electron chi connectivity index (χ2n) is 7.31. The minimum Gasteiger partial charge on any atom is -0.484 e. The maximum absolute atomic E-state index is 12.8. The molecule has 1 aliphatic rings. The van der Waals surface area contributed by atoms with Crippen LogP contribution in [-0.4, -0.2) is 49.4 Å². The maximum atomic E-state index is 12.8. The fraction of sp³-hybridized carbons (Fsp3) is 0.500. The predicted octanol–water partition coefficient (Wildman–Crippen LogP) is 2.29. The van der Waals surface area contributed by atoms with Gasteiger partial charge in [0.25, 0.3) is 5.91 Å². The molecule has 0 saturated carbocycles. The molecule has 1 aliphatic heterocycles. The normalized spacial score (nSPS) is 19.5. The van der Waals surface area contributed by atoms with Gasteiger partial charge in [-0.3, -0.25) is 4.79 Å². The second kappa shape index (κ2) is 7.95. The first kappa shape index (κ1) is 20.4. The van der Waals surface area contributed by atoms with Crippen molar-refractivity contribution in [3.63, 3.8) is 0 Å². The number of hydrogen-bond donors (Lipinski definition) is 0. The number of carbonyl (C=O) groups is 1. The monoisotopic (exact) mass is 407 g/mol. The zero-order valence-electron chi connectivity index (χ0n) is 16.3. The third kappa shape index (κ3) is 4.38. The first-order chi connectivity index (χ1) is 13.2. The molecule has 2 atom stereocenters. The van der Waals surface area contributed by atoms with Crippen LogP contribution in [0, 0.1) is 6.92 Å². The average Bonchev–Trinajstić information content (AvgIpc) is 2.98. The highest BCUT2D eigenvalue weighted by atomic mass is 32.2. The molecule has 152 valence electrons. The number of sulfone groups is 1. The number of aryl methyl sites for hydroxylation is 1. The summed E-state index contributed by atoms with van der Waals surface area (Å²) in [6.07, 6.45) is 1.18. The van der Waals surface area contributed by atoms with Gasteiger partial charge in [0.15, 0.2) is 16.4 Å². The molecule has 1 amide bonds. The van der Waals surface area contributed by atoms with Crippen molar-refractivity contribution in [3.8, 4) is 5.75 Å². The van der Waals surface area contributed by atoms with E-state index in [2.05, 4.69) is 0 Å². The Kier molecular flexibility index (Phi) is 5.79. The van der Waals surface area contributed by atoms with Gasteiger partial charge in [0.2, 0.25) is 0 Å². The molecule has 28 heavy (non-hydrogen) atoms. The number of hydrogen-bond acceptors (Lipinski definition) is 6. The molecule has 0 aliphatic carbocycles. The van der Waals surface area contributed by atoms with Crippen LogP contribution in [0.2, 0.25) is 0 Å². The van der Waals surface area contributed by atoms with Gasteiger partial charge < -0.3 is 14.1 Å². The summed E-state index contributed by atoms with van der Waals surface area (Å²) in [5.41, 5.74) is 0.762. The molecular weight excluding hydrogens is 382 g/mol. The Morgan fingerprint density at radius 1 is 1.36 bits per heavy atom. The van der Waals surface area contributed by atoms with Gasteiger partial charge in [0.1, 0.15) is 11.3 Å². The predicted molar refractivity (Wildman–Crippen MR) is 106 cm³/mol. The highest BCUT2D eigenvalue weighted by Crippen LogP contribution is 2.24. The highest BCUT2D eigenvalue weighted by molar-refractivity contribution is 7.91. The van der Waals surface area contributed by atoms with Crippen LogP contribution < -0.4 is 10.4 Å². The van der Waals surface area contributed by atoms with Crippen LogP contribution in [0.25, 0.3) is 11.0 Å². The Morgan fingerprint density at radius 2 is 2.11 bits per heavy atom. The van der Waals surface area contributed by atoms with Gasteiger partial charge in [-0.25, -0.2) is 13.2 Å². The number of nitrogens with zero attached hydrogens (tertiary/aromatic N) is 1. The van der Waals surface area contributed by atoms with E-state index >= 15 is 0 Å². The van der Waals surface area contributed by atoms with Gasteiger partial charge in [-0.05, 0) is 44.4 Å². The summed E-state index contributed by atoms with van der Waals surface area (Å²) in [5, 5.41) is 0.802. The summed E-state index contributed by atoms with van der Waals surface area (Å²) in [6.45, 7) is 5.49. The maximum Gasteiger partial charge on any atom is 0.336 e. The zero-order chi connectivity index (χ0) is 20.5. The molecule has 3 rings (SSSR count). The van der Waals surface area contributed by atoms with Crippen molar-refractivity contribution in [1.82, 2.24) is 4.90 Å². The number of amides is 1. The van der Waals surface area contributed by atoms with Crippen molar-refractivity contribution >= 4 is 26.7 Å². The van der Waals surface area contributed by atoms with Gasteiger partial charge in [-0.2, -0.15) is 0 Å². The fourth-order valence-electron chi connectivity index (χ4n) is 3.62. The number of benzene rings is 1. The van der Waals surface area contributed by atoms with E-state index in [9.17, 15) is 18.0 Å². The number of rotatable bonds is 6. The van der Waals surface area contributed by atoms with Crippen LogP contribution in [0.4, 0.5) is 0 Å². The third-order valence-corrected chi connectivity index (χ3v) is 6.99. The summed E-state index contributed by atoms with van der Waals surface area (Å²) in [4.78, 5) is 26.0. The Labute approximate surface area is 164 Å². The van der Waals surface area contributed by atoms with Crippen molar-refractivity contribution in [2.24, 2.45) is 0 Å². The van der Waals surface area contributed by atoms with Gasteiger partial charge in [0, 0.05) is 29.6 Å². The van der Waals surface area contributed by atoms with E-state index in [-0.39, 0.29) is 36.1 Å². The quantitative estimate of drug-likeness (QED) is 0.682. The lowest BCUT2D eigenvalue weighted by molar-refractivity contribution is -0.137. The average molecular weight is 407 g/mol. The molecule has 2 heterocycles. The molecule has 8 heteroatoms. The third-order valence-electron chi connectivity index (χ3n) is 5.24. The van der Waals surface area contributed by atoms with E-state index < -0.39 is 15.5 Å². The summed E-state index contributed by atoms with van der Waals surface area (Å²) >= 11 is 0. The Morgan fingerprint density at radius 3 is 2.75 bits per heavy atom. The first-order valence-corrected chi connectivity index (χ1v) is 11.2. The van der Waals surface area contributed by atoms with Crippen molar-refractivity contribution in [1.29, 1.82) is 0 Å². The molecule has 1 fully saturated rings. The van der Waals surface area contributed by atoms with E-state index in [1.807, 2.05) is 20.8 Å². The van der Waals surface area contributed by atoms with Crippen molar-refractivity contribution in [3.05, 3.63) is 40.2 Å². The van der Waals surface area contributed by atoms with Crippen LogP contribution in [0.3, 0.4) is 0 Å². The Hall–Kier alpha value is -2.35. The largest absolute Gasteiger partial charge is 0.484 e. The molecule has 0 spiro atoms. The van der Waals surface area contributed by atoms with Crippen LogP contribution in [0.1, 0.15) is 32.3 Å². The van der Waals surface area contributed by atoms with E-state index in [4.69, 9.17) is 9.15 Å². The van der Waals surface area contributed by atoms with Crippen molar-refractivity contribution < 1.29 is 22.4 Å². The molecular formula is C20H25NO6S. The molecule has 0 bridgehead atoms. The van der Waals surface area contributed by atoms with E-state index in [0.717, 1.165) is 17.4 Å². The molecule has 0 unspecified atom stereocenters. The molecule has 0 N–H and O–H groups in total. The minimum atomic E-state index is -3.09. The molecule has 0 radical (unpaired) electrons. The number of ether oxygens (including phenoxy) is 1. The highest BCUT2D eigenvalue weighted by Gasteiger charge is 2.36. The van der Waals surface area contributed by atoms with Crippen molar-refractivity contribution in [2.45, 2.75) is 45.7 Å². The van der Waals surface area contributed by atoms with Crippen LogP contribution in [0.15, 0.2) is 33.5 Å². The summed E-state index contributed by atoms with van der Waals surface area (Å²) in [5.74, 6) is 0.283. The Bertz CT molecular complexity index is 1040. The SMILES string of the molecule is CC[C@H](C)N(C(=O)COc1ccc2c(C)cc(=O)oc2c1)[C@@H]1CCS(=O)(=O)C1. The van der Waals surface area contributed by atoms with Gasteiger partial charge in [-0.15, -0.1) is 0 Å². The number of carbonyl (C=O) groups excluding carboxylic acids is 1. The summed E-state index contributed by atoms with van der Waals surface area (Å²) in [7, 11) is -3.09. The molecule has 1 aromatic carbocycles. The second-order valence-corrected chi connectivity index (χ2v) is 9.54. The van der Waals surface area contributed by atoms with Gasteiger partial charge >= 0.3 is 5.63 Å². The van der Waals surface area contributed by atoms with Gasteiger partial charge in [0.05, 0.1) is 11.5 Å². The zero-order valence-corrected chi connectivity index (χ0v) is 17.1. The molecule has 7 nitrogen and oxygen atoms in total. The summed E-state index contributed by atoms with van der Waals surface area (Å²) in [6, 6.07) is 6.12. The van der Waals surface area contributed by atoms with E-state index in [1.54, 1.807) is 23.1 Å². The lowest BCUT2D eigenvalue weighted by Crippen LogP contribution is -2.48. The molecule has 1 aromatic heterocycles. The standard InChI is InChI=1S/C20H25NO6S/c1-4-14(3)21(15-7-8-28(24,25)12-15)19(22)11-26-16-5-6-17-13(2)9-20(23)27-18(17)10-16/h5-6,9-10,14-15H,4,7-8,11-12H2,1-3H3/t14-,15+/m0/s1. The van der Waals surface area contributed by atoms with E-state index in [0.29, 0.717) is 17.8 Å². The summed E-state index contributed by atoms with van der Waals surface area (Å²) < 4.78 is 34.5. The fourth-order valence-corrected chi connectivity index (χ4v) is 5.33. The number of fused-ring (bicyclic) bond motifs is 1. The van der Waals surface area contributed by atoms with Crippen LogP contribution >= 0.6 is 0 Å². The first-order valence-electron chi connectivity index (χ1n) is 9.39. The van der Waals surface area contributed by atoms with Crippen molar-refractivity contribution in [2.75, 3.05) is 18.1 Å². The van der Waals surface area contributed by atoms with Gasteiger partial charge in [-0.1, -0.05) is 6.92 Å². The minimum absolute atomic E-state index is 0.00346. The molecule has 1 saturated heterocycles. The Balaban J connectivity index is 1.75. The van der Waals surface area contributed by atoms with Crippen LogP contribution in [0.5, 0.6) is 5.75 Å².